The van der Waals surface area contributed by atoms with Gasteiger partial charge in [0.15, 0.2) is 0 Å². The van der Waals surface area contributed by atoms with E-state index in [1.54, 1.807) is 37.9 Å². The molecular formula is C18H21FN2O. The fourth-order valence-corrected chi connectivity index (χ4v) is 2.26. The lowest BCUT2D eigenvalue weighted by Gasteiger charge is -2.23. The number of aryl methyl sites for hydroxylation is 1. The van der Waals surface area contributed by atoms with Crippen LogP contribution in [0.25, 0.3) is 0 Å². The highest BCUT2D eigenvalue weighted by Crippen LogP contribution is 2.15. The molecule has 0 aliphatic rings. The Labute approximate surface area is 130 Å². The molecule has 2 aromatic rings. The van der Waals surface area contributed by atoms with Crippen LogP contribution >= 0.6 is 0 Å². The van der Waals surface area contributed by atoms with Gasteiger partial charge in [-0.3, -0.25) is 4.79 Å². The van der Waals surface area contributed by atoms with Crippen LogP contribution in [0.2, 0.25) is 0 Å². The Hall–Kier alpha value is -2.36. The van der Waals surface area contributed by atoms with E-state index in [2.05, 4.69) is 5.32 Å². The molecule has 1 unspecified atom stereocenters. The van der Waals surface area contributed by atoms with E-state index in [0.29, 0.717) is 17.8 Å². The van der Waals surface area contributed by atoms with Crippen molar-refractivity contribution in [1.29, 1.82) is 0 Å². The summed E-state index contributed by atoms with van der Waals surface area (Å²) in [7, 11) is 1.77. The Kier molecular flexibility index (Phi) is 5.15. The normalized spacial score (nSPS) is 11.8. The number of nitrogens with one attached hydrogen (secondary N) is 1. The molecule has 0 saturated heterocycles. The first-order valence-corrected chi connectivity index (χ1v) is 7.29. The van der Waals surface area contributed by atoms with Crippen molar-refractivity contribution in [3.8, 4) is 0 Å². The minimum Gasteiger partial charge on any atom is -0.374 e. The maximum atomic E-state index is 13.5. The molecule has 0 aliphatic heterocycles. The van der Waals surface area contributed by atoms with Crippen molar-refractivity contribution < 1.29 is 9.18 Å². The van der Waals surface area contributed by atoms with Crippen molar-refractivity contribution in [2.24, 2.45) is 0 Å². The smallest absolute Gasteiger partial charge is 0.244 e. The predicted octanol–water partition coefficient (Wildman–Crippen LogP) is 3.59. The average molecular weight is 300 g/mol. The number of amides is 1. The van der Waals surface area contributed by atoms with Crippen LogP contribution in [0.15, 0.2) is 48.5 Å². The van der Waals surface area contributed by atoms with Gasteiger partial charge in [-0.1, -0.05) is 36.4 Å². The molecule has 1 amide bonds. The highest BCUT2D eigenvalue weighted by atomic mass is 19.1. The number of carbonyl (C=O) groups is 1. The molecule has 22 heavy (non-hydrogen) atoms. The Morgan fingerprint density at radius 3 is 2.55 bits per heavy atom. The maximum Gasteiger partial charge on any atom is 0.244 e. The third-order valence-electron chi connectivity index (χ3n) is 3.56. The van der Waals surface area contributed by atoms with E-state index in [1.807, 2.05) is 30.3 Å². The third kappa shape index (κ3) is 4.07. The summed E-state index contributed by atoms with van der Waals surface area (Å²) in [5, 5.41) is 3.05. The fourth-order valence-electron chi connectivity index (χ4n) is 2.26. The van der Waals surface area contributed by atoms with E-state index in [-0.39, 0.29) is 11.7 Å². The number of anilines is 1. The molecule has 0 saturated carbocycles. The summed E-state index contributed by atoms with van der Waals surface area (Å²) >= 11 is 0. The number of likely N-dealkylation sites (N-methyl/N-ethyl adjacent to an activating group) is 1. The van der Waals surface area contributed by atoms with Crippen LogP contribution in [0.3, 0.4) is 0 Å². The second-order valence-electron chi connectivity index (χ2n) is 5.51. The zero-order valence-electron chi connectivity index (χ0n) is 13.1. The number of halogens is 1. The van der Waals surface area contributed by atoms with Crippen molar-refractivity contribution in [3.63, 3.8) is 0 Å². The summed E-state index contributed by atoms with van der Waals surface area (Å²) in [6, 6.07) is 14.3. The van der Waals surface area contributed by atoms with Crippen molar-refractivity contribution in [2.75, 3.05) is 12.4 Å². The van der Waals surface area contributed by atoms with Crippen LogP contribution in [-0.4, -0.2) is 23.9 Å². The lowest BCUT2D eigenvalue weighted by molar-refractivity contribution is -0.130. The van der Waals surface area contributed by atoms with E-state index in [1.165, 1.54) is 6.07 Å². The molecule has 116 valence electrons. The number of hydrogen-bond donors (Lipinski definition) is 1. The largest absolute Gasteiger partial charge is 0.374 e. The molecule has 0 radical (unpaired) electrons. The van der Waals surface area contributed by atoms with Gasteiger partial charge in [-0.05, 0) is 37.1 Å². The molecule has 2 aromatic carbocycles. The molecule has 0 heterocycles. The molecule has 0 spiro atoms. The summed E-state index contributed by atoms with van der Waals surface area (Å²) in [5.41, 5.74) is 2.27. The summed E-state index contributed by atoms with van der Waals surface area (Å²) in [6.07, 6.45) is 0. The third-order valence-corrected chi connectivity index (χ3v) is 3.56. The average Bonchev–Trinajstić information content (AvgIpc) is 2.51. The molecule has 4 heteroatoms. The molecule has 0 aliphatic carbocycles. The van der Waals surface area contributed by atoms with E-state index in [0.717, 1.165) is 5.56 Å². The summed E-state index contributed by atoms with van der Waals surface area (Å²) in [5.74, 6) is -0.313. The highest BCUT2D eigenvalue weighted by Gasteiger charge is 2.17. The summed E-state index contributed by atoms with van der Waals surface area (Å²) in [4.78, 5) is 14.0. The van der Waals surface area contributed by atoms with E-state index in [4.69, 9.17) is 0 Å². The Morgan fingerprint density at radius 1 is 1.23 bits per heavy atom. The fraction of sp³-hybridized carbons (Fsp3) is 0.278. The molecule has 1 atom stereocenters. The van der Waals surface area contributed by atoms with Crippen molar-refractivity contribution >= 4 is 11.6 Å². The van der Waals surface area contributed by atoms with Crippen molar-refractivity contribution in [1.82, 2.24) is 4.90 Å². The van der Waals surface area contributed by atoms with Gasteiger partial charge in [0.1, 0.15) is 11.9 Å². The van der Waals surface area contributed by atoms with Gasteiger partial charge in [-0.2, -0.15) is 0 Å². The SMILES string of the molecule is Cc1ccc(NC(C)C(=O)N(C)Cc2ccccc2)cc1F. The van der Waals surface area contributed by atoms with Crippen LogP contribution in [0, 0.1) is 12.7 Å². The van der Waals surface area contributed by atoms with Crippen LogP contribution in [0.5, 0.6) is 0 Å². The standard InChI is InChI=1S/C18H21FN2O/c1-13-9-10-16(11-17(13)19)20-14(2)18(22)21(3)12-15-7-5-4-6-8-15/h4-11,14,20H,12H2,1-3H3. The Morgan fingerprint density at radius 2 is 1.91 bits per heavy atom. The molecule has 0 aromatic heterocycles. The van der Waals surface area contributed by atoms with Gasteiger partial charge >= 0.3 is 0 Å². The lowest BCUT2D eigenvalue weighted by atomic mass is 10.2. The number of carbonyl (C=O) groups excluding carboxylic acids is 1. The zero-order chi connectivity index (χ0) is 16.1. The minimum atomic E-state index is -0.421. The Bertz CT molecular complexity index is 643. The molecule has 0 fully saturated rings. The first-order valence-electron chi connectivity index (χ1n) is 7.29. The van der Waals surface area contributed by atoms with E-state index in [9.17, 15) is 9.18 Å². The van der Waals surface area contributed by atoms with Crippen LogP contribution in [-0.2, 0) is 11.3 Å². The minimum absolute atomic E-state index is 0.0372. The van der Waals surface area contributed by atoms with Crippen molar-refractivity contribution in [2.45, 2.75) is 26.4 Å². The van der Waals surface area contributed by atoms with Gasteiger partial charge in [0.05, 0.1) is 0 Å². The van der Waals surface area contributed by atoms with Gasteiger partial charge in [0.25, 0.3) is 0 Å². The van der Waals surface area contributed by atoms with Gasteiger partial charge in [0.2, 0.25) is 5.91 Å². The number of hydrogen-bond acceptors (Lipinski definition) is 2. The number of benzene rings is 2. The molecule has 2 rings (SSSR count). The van der Waals surface area contributed by atoms with Crippen LogP contribution in [0.1, 0.15) is 18.1 Å². The lowest BCUT2D eigenvalue weighted by Crippen LogP contribution is -2.38. The maximum absolute atomic E-state index is 13.5. The number of nitrogens with zero attached hydrogens (tertiary/aromatic N) is 1. The van der Waals surface area contributed by atoms with Gasteiger partial charge in [-0.25, -0.2) is 4.39 Å². The van der Waals surface area contributed by atoms with Gasteiger partial charge in [0, 0.05) is 19.3 Å². The zero-order valence-corrected chi connectivity index (χ0v) is 13.1. The molecular weight excluding hydrogens is 279 g/mol. The number of rotatable bonds is 5. The second-order valence-corrected chi connectivity index (χ2v) is 5.51. The quantitative estimate of drug-likeness (QED) is 0.915. The Balaban J connectivity index is 1.97. The predicted molar refractivity (Wildman–Crippen MR) is 87.1 cm³/mol. The molecule has 1 N–H and O–H groups in total. The topological polar surface area (TPSA) is 32.3 Å². The van der Waals surface area contributed by atoms with Crippen LogP contribution < -0.4 is 5.32 Å². The van der Waals surface area contributed by atoms with Crippen molar-refractivity contribution in [3.05, 3.63) is 65.5 Å². The first-order chi connectivity index (χ1) is 10.5. The van der Waals surface area contributed by atoms with Crippen LogP contribution in [0.4, 0.5) is 10.1 Å². The van der Waals surface area contributed by atoms with Gasteiger partial charge < -0.3 is 10.2 Å². The molecule has 0 bridgehead atoms. The van der Waals surface area contributed by atoms with E-state index >= 15 is 0 Å². The van der Waals surface area contributed by atoms with E-state index < -0.39 is 6.04 Å². The second kappa shape index (κ2) is 7.07. The van der Waals surface area contributed by atoms with Gasteiger partial charge in [-0.15, -0.1) is 0 Å². The highest BCUT2D eigenvalue weighted by molar-refractivity contribution is 5.84. The first kappa shape index (κ1) is 16.0. The monoisotopic (exact) mass is 300 g/mol. The molecule has 3 nitrogen and oxygen atoms in total. The summed E-state index contributed by atoms with van der Waals surface area (Å²) in [6.45, 7) is 4.04. The summed E-state index contributed by atoms with van der Waals surface area (Å²) < 4.78 is 13.5.